The first-order valence-electron chi connectivity index (χ1n) is 7.68. The number of benzene rings is 1. The van der Waals surface area contributed by atoms with Crippen LogP contribution in [0.5, 0.6) is 0 Å². The van der Waals surface area contributed by atoms with Gasteiger partial charge in [0.15, 0.2) is 0 Å². The molecule has 0 bridgehead atoms. The molecule has 1 atom stereocenters. The monoisotopic (exact) mass is 269 g/mol. The molecule has 0 spiro atoms. The molecule has 3 nitrogen and oxygen atoms in total. The number of rotatable bonds is 4. The highest BCUT2D eigenvalue weighted by atomic mass is 15.2. The average Bonchev–Trinajstić information content (AvgIpc) is 2.53. The Morgan fingerprint density at radius 1 is 1.15 bits per heavy atom. The Morgan fingerprint density at radius 3 is 2.75 bits per heavy atom. The summed E-state index contributed by atoms with van der Waals surface area (Å²) in [6, 6.07) is 10.6. The maximum Gasteiger partial charge on any atom is 0.0705 e. The molecule has 106 valence electrons. The largest absolute Gasteiger partial charge is 0.271 e. The van der Waals surface area contributed by atoms with Crippen molar-refractivity contribution in [3.8, 4) is 0 Å². The van der Waals surface area contributed by atoms with E-state index in [0.717, 1.165) is 17.9 Å². The molecule has 3 N–H and O–H groups in total. The Kier molecular flexibility index (Phi) is 4.28. The molecule has 0 saturated heterocycles. The SMILES string of the molecule is NNC(CC1CCCCC1)c1ccnc2ccccc12. The second kappa shape index (κ2) is 6.33. The number of hydrazine groups is 1. The number of nitrogens with two attached hydrogens (primary N) is 1. The molecule has 0 amide bonds. The summed E-state index contributed by atoms with van der Waals surface area (Å²) < 4.78 is 0. The minimum absolute atomic E-state index is 0.228. The first-order chi connectivity index (χ1) is 9.88. The lowest BCUT2D eigenvalue weighted by Gasteiger charge is -2.27. The van der Waals surface area contributed by atoms with Crippen LogP contribution in [-0.2, 0) is 0 Å². The highest BCUT2D eigenvalue weighted by Gasteiger charge is 2.20. The Hall–Kier alpha value is -1.45. The molecule has 1 aromatic carbocycles. The molecular weight excluding hydrogens is 246 g/mol. The minimum Gasteiger partial charge on any atom is -0.271 e. The van der Waals surface area contributed by atoms with Crippen LogP contribution in [0.1, 0.15) is 50.1 Å². The maximum absolute atomic E-state index is 5.84. The number of para-hydroxylation sites is 1. The fraction of sp³-hybridized carbons (Fsp3) is 0.471. The van der Waals surface area contributed by atoms with Crippen LogP contribution in [-0.4, -0.2) is 4.98 Å². The van der Waals surface area contributed by atoms with Crippen molar-refractivity contribution in [1.29, 1.82) is 0 Å². The van der Waals surface area contributed by atoms with Crippen molar-refractivity contribution in [3.63, 3.8) is 0 Å². The average molecular weight is 269 g/mol. The van der Waals surface area contributed by atoms with E-state index < -0.39 is 0 Å². The molecule has 1 aliphatic rings. The van der Waals surface area contributed by atoms with Gasteiger partial charge in [0, 0.05) is 17.6 Å². The zero-order valence-electron chi connectivity index (χ0n) is 11.9. The van der Waals surface area contributed by atoms with Crippen molar-refractivity contribution >= 4 is 10.9 Å². The molecular formula is C17H23N3. The van der Waals surface area contributed by atoms with Crippen LogP contribution < -0.4 is 11.3 Å². The number of aromatic nitrogens is 1. The summed E-state index contributed by atoms with van der Waals surface area (Å²) in [5.74, 6) is 6.65. The van der Waals surface area contributed by atoms with E-state index in [2.05, 4.69) is 34.7 Å². The number of nitrogens with one attached hydrogen (secondary N) is 1. The Labute approximate surface area is 120 Å². The summed E-state index contributed by atoms with van der Waals surface area (Å²) in [7, 11) is 0. The molecule has 3 rings (SSSR count). The van der Waals surface area contributed by atoms with Gasteiger partial charge in [-0.3, -0.25) is 16.3 Å². The van der Waals surface area contributed by atoms with Crippen LogP contribution in [0.15, 0.2) is 36.5 Å². The third-order valence-corrected chi connectivity index (χ3v) is 4.55. The summed E-state index contributed by atoms with van der Waals surface area (Å²) in [6.45, 7) is 0. The van der Waals surface area contributed by atoms with Gasteiger partial charge in [-0.2, -0.15) is 0 Å². The first kappa shape index (κ1) is 13.5. The van der Waals surface area contributed by atoms with Crippen LogP contribution in [0.2, 0.25) is 0 Å². The Morgan fingerprint density at radius 2 is 1.95 bits per heavy atom. The van der Waals surface area contributed by atoms with Gasteiger partial charge in [0.1, 0.15) is 0 Å². The van der Waals surface area contributed by atoms with Crippen LogP contribution in [0.25, 0.3) is 10.9 Å². The van der Waals surface area contributed by atoms with Gasteiger partial charge in [-0.1, -0.05) is 50.3 Å². The van der Waals surface area contributed by atoms with Gasteiger partial charge in [-0.15, -0.1) is 0 Å². The zero-order valence-corrected chi connectivity index (χ0v) is 11.9. The van der Waals surface area contributed by atoms with E-state index in [9.17, 15) is 0 Å². The summed E-state index contributed by atoms with van der Waals surface area (Å²) in [5, 5.41) is 1.22. The van der Waals surface area contributed by atoms with E-state index in [1.807, 2.05) is 12.3 Å². The van der Waals surface area contributed by atoms with Gasteiger partial charge in [0.25, 0.3) is 0 Å². The van der Waals surface area contributed by atoms with Crippen molar-refractivity contribution in [2.24, 2.45) is 11.8 Å². The Balaban J connectivity index is 1.86. The second-order valence-electron chi connectivity index (χ2n) is 5.88. The third kappa shape index (κ3) is 2.84. The van der Waals surface area contributed by atoms with Gasteiger partial charge in [-0.05, 0) is 30.0 Å². The summed E-state index contributed by atoms with van der Waals surface area (Å²) >= 11 is 0. The molecule has 1 saturated carbocycles. The molecule has 1 aromatic heterocycles. The van der Waals surface area contributed by atoms with Gasteiger partial charge in [0.05, 0.1) is 5.52 Å². The topological polar surface area (TPSA) is 50.9 Å². The fourth-order valence-corrected chi connectivity index (χ4v) is 3.46. The smallest absolute Gasteiger partial charge is 0.0705 e. The van der Waals surface area contributed by atoms with E-state index in [0.29, 0.717) is 0 Å². The summed E-state index contributed by atoms with van der Waals surface area (Å²) in [4.78, 5) is 4.44. The van der Waals surface area contributed by atoms with E-state index in [4.69, 9.17) is 5.84 Å². The molecule has 1 aliphatic carbocycles. The zero-order chi connectivity index (χ0) is 13.8. The molecule has 1 heterocycles. The predicted octanol–water partition coefficient (Wildman–Crippen LogP) is 3.71. The highest BCUT2D eigenvalue weighted by Crippen LogP contribution is 2.33. The molecule has 1 fully saturated rings. The summed E-state index contributed by atoms with van der Waals surface area (Å²) in [6.07, 6.45) is 9.86. The lowest BCUT2D eigenvalue weighted by atomic mass is 9.83. The normalized spacial score (nSPS) is 18.2. The second-order valence-corrected chi connectivity index (χ2v) is 5.88. The van der Waals surface area contributed by atoms with E-state index >= 15 is 0 Å². The van der Waals surface area contributed by atoms with Crippen molar-refractivity contribution in [2.75, 3.05) is 0 Å². The number of hydrogen-bond acceptors (Lipinski definition) is 3. The van der Waals surface area contributed by atoms with Crippen LogP contribution in [0, 0.1) is 5.92 Å². The van der Waals surface area contributed by atoms with E-state index in [1.165, 1.54) is 43.1 Å². The van der Waals surface area contributed by atoms with Gasteiger partial charge in [-0.25, -0.2) is 0 Å². The molecule has 2 aromatic rings. The van der Waals surface area contributed by atoms with Gasteiger partial charge < -0.3 is 0 Å². The van der Waals surface area contributed by atoms with Crippen LogP contribution in [0.4, 0.5) is 0 Å². The van der Waals surface area contributed by atoms with Gasteiger partial charge in [0.2, 0.25) is 0 Å². The van der Waals surface area contributed by atoms with E-state index in [-0.39, 0.29) is 6.04 Å². The fourth-order valence-electron chi connectivity index (χ4n) is 3.46. The van der Waals surface area contributed by atoms with Crippen LogP contribution >= 0.6 is 0 Å². The van der Waals surface area contributed by atoms with Crippen molar-refractivity contribution in [2.45, 2.75) is 44.6 Å². The Bertz CT molecular complexity index is 556. The van der Waals surface area contributed by atoms with E-state index in [1.54, 1.807) is 0 Å². The molecule has 0 aliphatic heterocycles. The van der Waals surface area contributed by atoms with Gasteiger partial charge >= 0.3 is 0 Å². The minimum atomic E-state index is 0.228. The highest BCUT2D eigenvalue weighted by molar-refractivity contribution is 5.82. The first-order valence-corrected chi connectivity index (χ1v) is 7.68. The predicted molar refractivity (Wildman–Crippen MR) is 83.0 cm³/mol. The molecule has 0 radical (unpaired) electrons. The molecule has 20 heavy (non-hydrogen) atoms. The van der Waals surface area contributed by atoms with Crippen molar-refractivity contribution < 1.29 is 0 Å². The lowest BCUT2D eigenvalue weighted by Crippen LogP contribution is -2.30. The number of fused-ring (bicyclic) bond motifs is 1. The van der Waals surface area contributed by atoms with Crippen molar-refractivity contribution in [3.05, 3.63) is 42.1 Å². The summed E-state index contributed by atoms with van der Waals surface area (Å²) in [5.41, 5.74) is 5.36. The quantitative estimate of drug-likeness (QED) is 0.657. The number of pyridine rings is 1. The third-order valence-electron chi connectivity index (χ3n) is 4.55. The number of hydrogen-bond donors (Lipinski definition) is 2. The molecule has 1 unspecified atom stereocenters. The number of nitrogens with zero attached hydrogens (tertiary/aromatic N) is 1. The maximum atomic E-state index is 5.84. The van der Waals surface area contributed by atoms with Crippen LogP contribution in [0.3, 0.4) is 0 Å². The standard InChI is InChI=1S/C17H23N3/c18-20-17(12-13-6-2-1-3-7-13)15-10-11-19-16-9-5-4-8-14(15)16/h4-5,8-11,13,17,20H,1-3,6-7,12,18H2. The lowest BCUT2D eigenvalue weighted by molar-refractivity contribution is 0.301. The van der Waals surface area contributed by atoms with Crippen molar-refractivity contribution in [1.82, 2.24) is 10.4 Å². The molecule has 3 heteroatoms.